The Morgan fingerprint density at radius 2 is 1.95 bits per heavy atom. The van der Waals surface area contributed by atoms with Gasteiger partial charge in [0.25, 0.3) is 5.56 Å². The molecule has 1 heterocycles. The topological polar surface area (TPSA) is 97.6 Å². The number of nitrogens with one attached hydrogen (secondary N) is 1. The van der Waals surface area contributed by atoms with Crippen molar-refractivity contribution in [1.29, 1.82) is 0 Å². The van der Waals surface area contributed by atoms with Crippen molar-refractivity contribution in [3.05, 3.63) is 33.7 Å². The summed E-state index contributed by atoms with van der Waals surface area (Å²) in [7, 11) is 1.45. The summed E-state index contributed by atoms with van der Waals surface area (Å²) in [6.07, 6.45) is -0.604. The van der Waals surface area contributed by atoms with E-state index in [-0.39, 0.29) is 12.1 Å². The maximum atomic E-state index is 11.7. The first-order chi connectivity index (χ1) is 9.11. The highest BCUT2D eigenvalue weighted by Gasteiger charge is 2.17. The van der Waals surface area contributed by atoms with Crippen LogP contribution in [0.1, 0.15) is 36.8 Å². The fourth-order valence-corrected chi connectivity index (χ4v) is 1.49. The largest absolute Gasteiger partial charge is 0.477 e. The average molecular weight is 282 g/mol. The highest BCUT2D eigenvalue weighted by molar-refractivity contribution is 5.87. The Labute approximate surface area is 116 Å². The normalized spacial score (nSPS) is 11.0. The molecule has 0 saturated heterocycles. The third kappa shape index (κ3) is 4.11. The van der Waals surface area contributed by atoms with Gasteiger partial charge in [0.15, 0.2) is 0 Å². The molecule has 0 unspecified atom stereocenters. The monoisotopic (exact) mass is 282 g/mol. The first-order valence-corrected chi connectivity index (χ1v) is 6.01. The zero-order chi connectivity index (χ0) is 15.5. The molecule has 2 N–H and O–H groups in total. The quantitative estimate of drug-likeness (QED) is 0.865. The fraction of sp³-hybridized carbons (Fsp3) is 0.462. The maximum Gasteiger partial charge on any atom is 0.407 e. The van der Waals surface area contributed by atoms with Gasteiger partial charge in [-0.3, -0.25) is 4.79 Å². The summed E-state index contributed by atoms with van der Waals surface area (Å²) < 4.78 is 6.24. The fourth-order valence-electron chi connectivity index (χ4n) is 1.49. The molecular formula is C13H18N2O5. The number of carboxylic acid groups (broad SMARTS) is 1. The SMILES string of the molecule is Cn1c(CNC(=O)OC(C)(C)C)ccc(C(=O)O)c1=O. The predicted octanol–water partition coefficient (Wildman–Crippen LogP) is 1.11. The molecule has 1 aromatic heterocycles. The van der Waals surface area contributed by atoms with E-state index in [0.717, 1.165) is 0 Å². The van der Waals surface area contributed by atoms with Crippen molar-refractivity contribution in [3.8, 4) is 0 Å². The summed E-state index contributed by atoms with van der Waals surface area (Å²) in [5.41, 5.74) is -1.07. The number of ether oxygens (including phenoxy) is 1. The summed E-state index contributed by atoms with van der Waals surface area (Å²) in [5, 5.41) is 11.3. The molecule has 0 radical (unpaired) electrons. The molecule has 110 valence electrons. The van der Waals surface area contributed by atoms with Gasteiger partial charge in [-0.2, -0.15) is 0 Å². The van der Waals surface area contributed by atoms with E-state index in [9.17, 15) is 14.4 Å². The Kier molecular flexibility index (Phi) is 4.54. The molecule has 0 aromatic carbocycles. The summed E-state index contributed by atoms with van der Waals surface area (Å²) in [4.78, 5) is 34.0. The van der Waals surface area contributed by atoms with E-state index < -0.39 is 23.2 Å². The molecule has 0 atom stereocenters. The van der Waals surface area contributed by atoms with Crippen molar-refractivity contribution in [1.82, 2.24) is 9.88 Å². The Hall–Kier alpha value is -2.31. The van der Waals surface area contributed by atoms with Crippen LogP contribution in [-0.4, -0.2) is 27.3 Å². The second-order valence-corrected chi connectivity index (χ2v) is 5.26. The van der Waals surface area contributed by atoms with E-state index in [1.807, 2.05) is 0 Å². The number of carbonyl (C=O) groups excluding carboxylic acids is 1. The van der Waals surface area contributed by atoms with E-state index in [4.69, 9.17) is 9.84 Å². The van der Waals surface area contributed by atoms with Crippen molar-refractivity contribution in [2.75, 3.05) is 0 Å². The Bertz CT molecular complexity index is 583. The van der Waals surface area contributed by atoms with E-state index in [1.54, 1.807) is 20.8 Å². The van der Waals surface area contributed by atoms with Gasteiger partial charge in [-0.05, 0) is 32.9 Å². The van der Waals surface area contributed by atoms with Crippen LogP contribution in [0.25, 0.3) is 0 Å². The number of carboxylic acids is 1. The molecule has 1 rings (SSSR count). The number of alkyl carbamates (subject to hydrolysis) is 1. The van der Waals surface area contributed by atoms with E-state index in [0.29, 0.717) is 5.69 Å². The molecule has 20 heavy (non-hydrogen) atoms. The Morgan fingerprint density at radius 1 is 1.35 bits per heavy atom. The molecular weight excluding hydrogens is 264 g/mol. The van der Waals surface area contributed by atoms with Crippen LogP contribution >= 0.6 is 0 Å². The van der Waals surface area contributed by atoms with Gasteiger partial charge in [0.2, 0.25) is 0 Å². The van der Waals surface area contributed by atoms with Gasteiger partial charge < -0.3 is 19.7 Å². The molecule has 0 aliphatic rings. The zero-order valence-corrected chi connectivity index (χ0v) is 11.9. The summed E-state index contributed by atoms with van der Waals surface area (Å²) in [6.45, 7) is 5.29. The second-order valence-electron chi connectivity index (χ2n) is 5.26. The van der Waals surface area contributed by atoms with Crippen molar-refractivity contribution in [2.45, 2.75) is 32.9 Å². The minimum absolute atomic E-state index is 0.0700. The van der Waals surface area contributed by atoms with Crippen LogP contribution in [0.15, 0.2) is 16.9 Å². The van der Waals surface area contributed by atoms with Crippen LogP contribution in [0, 0.1) is 0 Å². The molecule has 1 aromatic rings. The number of hydrogen-bond acceptors (Lipinski definition) is 4. The van der Waals surface area contributed by atoms with Crippen LogP contribution in [-0.2, 0) is 18.3 Å². The van der Waals surface area contributed by atoms with Crippen LogP contribution in [0.3, 0.4) is 0 Å². The lowest BCUT2D eigenvalue weighted by molar-refractivity contribution is 0.0521. The Morgan fingerprint density at radius 3 is 2.45 bits per heavy atom. The van der Waals surface area contributed by atoms with Crippen LogP contribution in [0.2, 0.25) is 0 Å². The van der Waals surface area contributed by atoms with E-state index >= 15 is 0 Å². The number of carbonyl (C=O) groups is 2. The van der Waals surface area contributed by atoms with Crippen molar-refractivity contribution in [2.24, 2.45) is 7.05 Å². The molecule has 0 spiro atoms. The van der Waals surface area contributed by atoms with Gasteiger partial charge in [-0.1, -0.05) is 0 Å². The number of rotatable bonds is 3. The van der Waals surface area contributed by atoms with Gasteiger partial charge in [0.05, 0.1) is 6.54 Å². The first-order valence-electron chi connectivity index (χ1n) is 6.01. The molecule has 0 aliphatic carbocycles. The minimum atomic E-state index is -1.28. The standard InChI is InChI=1S/C13H18N2O5/c1-13(2,3)20-12(19)14-7-8-5-6-9(11(17)18)10(16)15(8)4/h5-6H,7H2,1-4H3,(H,14,19)(H,17,18). The number of hydrogen-bond donors (Lipinski definition) is 2. The third-order valence-corrected chi connectivity index (χ3v) is 2.45. The van der Waals surface area contributed by atoms with Crippen molar-refractivity contribution < 1.29 is 19.4 Å². The lowest BCUT2D eigenvalue weighted by atomic mass is 10.2. The molecule has 7 nitrogen and oxygen atoms in total. The van der Waals surface area contributed by atoms with Crippen LogP contribution in [0.5, 0.6) is 0 Å². The lowest BCUT2D eigenvalue weighted by Gasteiger charge is -2.20. The third-order valence-electron chi connectivity index (χ3n) is 2.45. The molecule has 7 heteroatoms. The maximum absolute atomic E-state index is 11.7. The summed E-state index contributed by atoms with van der Waals surface area (Å²) >= 11 is 0. The second kappa shape index (κ2) is 5.77. The first kappa shape index (κ1) is 15.7. The van der Waals surface area contributed by atoms with Gasteiger partial charge in [-0.25, -0.2) is 9.59 Å². The number of aromatic nitrogens is 1. The summed E-state index contributed by atoms with van der Waals surface area (Å²) in [5.74, 6) is -1.28. The molecule has 0 aliphatic heterocycles. The lowest BCUT2D eigenvalue weighted by Crippen LogP contribution is -2.34. The van der Waals surface area contributed by atoms with Gasteiger partial charge in [-0.15, -0.1) is 0 Å². The molecule has 0 saturated carbocycles. The molecule has 0 fully saturated rings. The molecule has 0 bridgehead atoms. The smallest absolute Gasteiger partial charge is 0.407 e. The van der Waals surface area contributed by atoms with Crippen LogP contribution < -0.4 is 10.9 Å². The van der Waals surface area contributed by atoms with Gasteiger partial charge in [0.1, 0.15) is 11.2 Å². The highest BCUT2D eigenvalue weighted by Crippen LogP contribution is 2.07. The Balaban J connectivity index is 2.80. The van der Waals surface area contributed by atoms with Gasteiger partial charge in [0, 0.05) is 12.7 Å². The minimum Gasteiger partial charge on any atom is -0.477 e. The summed E-state index contributed by atoms with van der Waals surface area (Å²) in [6, 6.07) is 2.69. The van der Waals surface area contributed by atoms with E-state index in [2.05, 4.69) is 5.32 Å². The number of amides is 1. The molecule has 1 amide bonds. The number of nitrogens with zero attached hydrogens (tertiary/aromatic N) is 1. The average Bonchev–Trinajstić information content (AvgIpc) is 2.28. The highest BCUT2D eigenvalue weighted by atomic mass is 16.6. The number of aromatic carboxylic acids is 1. The van der Waals surface area contributed by atoms with Crippen LogP contribution in [0.4, 0.5) is 4.79 Å². The zero-order valence-electron chi connectivity index (χ0n) is 11.9. The number of pyridine rings is 1. The van der Waals surface area contributed by atoms with Gasteiger partial charge >= 0.3 is 12.1 Å². The van der Waals surface area contributed by atoms with Crippen molar-refractivity contribution in [3.63, 3.8) is 0 Å². The predicted molar refractivity (Wildman–Crippen MR) is 71.7 cm³/mol. The van der Waals surface area contributed by atoms with Crippen molar-refractivity contribution >= 4 is 12.1 Å². The van der Waals surface area contributed by atoms with E-state index in [1.165, 1.54) is 23.7 Å².